The second kappa shape index (κ2) is 2.44. The van der Waals surface area contributed by atoms with E-state index in [4.69, 9.17) is 5.11 Å². The van der Waals surface area contributed by atoms with Crippen LogP contribution in [0.15, 0.2) is 12.3 Å². The van der Waals surface area contributed by atoms with Crippen LogP contribution >= 0.6 is 0 Å². The van der Waals surface area contributed by atoms with Crippen LogP contribution in [0.2, 0.25) is 4.18 Å². The molecule has 1 aliphatic heterocycles. The summed E-state index contributed by atoms with van der Waals surface area (Å²) in [5.41, 5.74) is 0. The third-order valence-corrected chi connectivity index (χ3v) is 6.61. The number of hydrogen-bond donors (Lipinski definition) is 2. The maximum absolute atomic E-state index is 10.2. The van der Waals surface area contributed by atoms with Crippen LogP contribution in [0, 0.1) is 0 Å². The van der Waals surface area contributed by atoms with Crippen molar-refractivity contribution in [2.45, 2.75) is 4.18 Å². The van der Waals surface area contributed by atoms with Gasteiger partial charge in [-0.1, -0.05) is 0 Å². The summed E-state index contributed by atoms with van der Waals surface area (Å²) < 4.78 is 3.13. The average molecular weight is 215 g/mol. The van der Waals surface area contributed by atoms with Gasteiger partial charge in [0.2, 0.25) is 0 Å². The first kappa shape index (κ1) is 6.01. The van der Waals surface area contributed by atoms with Gasteiger partial charge in [-0.25, -0.2) is 0 Å². The van der Waals surface area contributed by atoms with E-state index in [0.717, 1.165) is 4.18 Å². The van der Waals surface area contributed by atoms with E-state index in [1.807, 2.05) is 6.08 Å². The summed E-state index contributed by atoms with van der Waals surface area (Å²) in [4.78, 5) is 10.2. The van der Waals surface area contributed by atoms with E-state index < -0.39 is 25.5 Å². The van der Waals surface area contributed by atoms with Crippen LogP contribution in [-0.4, -0.2) is 30.6 Å². The van der Waals surface area contributed by atoms with E-state index in [1.165, 1.54) is 0 Å². The SMILES string of the molecule is O=[C](O)[In]1[CH2]C=C[NH]1. The Kier molecular flexibility index (Phi) is 1.83. The first-order chi connectivity index (χ1) is 3.80. The number of carbonyl (C=O) groups is 1. The first-order valence-electron chi connectivity index (χ1n) is 2.44. The first-order valence-corrected chi connectivity index (χ1v) is 8.07. The zero-order valence-electron chi connectivity index (χ0n) is 4.29. The van der Waals surface area contributed by atoms with E-state index in [9.17, 15) is 4.79 Å². The van der Waals surface area contributed by atoms with Gasteiger partial charge in [-0.05, 0) is 0 Å². The molecule has 4 heteroatoms. The molecule has 0 spiro atoms. The van der Waals surface area contributed by atoms with Crippen molar-refractivity contribution in [3.05, 3.63) is 12.3 Å². The zero-order valence-corrected chi connectivity index (χ0v) is 7.59. The third-order valence-electron chi connectivity index (χ3n) is 1.09. The summed E-state index contributed by atoms with van der Waals surface area (Å²) in [6.45, 7) is 0. The van der Waals surface area contributed by atoms with Crippen molar-refractivity contribution in [2.75, 3.05) is 0 Å². The van der Waals surface area contributed by atoms with Crippen molar-refractivity contribution < 1.29 is 9.90 Å². The van der Waals surface area contributed by atoms with Gasteiger partial charge in [-0.3, -0.25) is 0 Å². The molecule has 1 aliphatic rings. The number of rotatable bonds is 1. The van der Waals surface area contributed by atoms with Gasteiger partial charge in [-0.2, -0.15) is 0 Å². The normalized spacial score (nSPS) is 16.2. The summed E-state index contributed by atoms with van der Waals surface area (Å²) in [6, 6.07) is 0. The fourth-order valence-electron chi connectivity index (χ4n) is 0.628. The van der Waals surface area contributed by atoms with Gasteiger partial charge in [0.15, 0.2) is 0 Å². The Morgan fingerprint density at radius 1 is 1.88 bits per heavy atom. The van der Waals surface area contributed by atoms with Crippen LogP contribution in [0.3, 0.4) is 0 Å². The van der Waals surface area contributed by atoms with E-state index >= 15 is 0 Å². The number of hydrogen-bond acceptors (Lipinski definition) is 2. The average Bonchev–Trinajstić information content (AvgIpc) is 2.12. The number of nitrogens with one attached hydrogen (secondary N) is 1. The van der Waals surface area contributed by atoms with E-state index in [0.29, 0.717) is 0 Å². The molecule has 0 saturated heterocycles. The third kappa shape index (κ3) is 1.18. The fourth-order valence-corrected chi connectivity index (χ4v) is 4.22. The molecule has 0 amide bonds. The molecular formula is C4H6InNO2. The summed E-state index contributed by atoms with van der Waals surface area (Å²) in [7, 11) is 0. The Labute approximate surface area is 55.3 Å². The van der Waals surface area contributed by atoms with Crippen LogP contribution in [0.25, 0.3) is 0 Å². The maximum atomic E-state index is 10.2. The van der Waals surface area contributed by atoms with E-state index in [2.05, 4.69) is 3.30 Å². The second-order valence-electron chi connectivity index (χ2n) is 1.70. The molecule has 0 saturated carbocycles. The second-order valence-corrected chi connectivity index (χ2v) is 8.56. The molecule has 0 aliphatic carbocycles. The van der Waals surface area contributed by atoms with Crippen molar-refractivity contribution in [1.29, 1.82) is 0 Å². The van der Waals surface area contributed by atoms with Gasteiger partial charge in [0.05, 0.1) is 0 Å². The summed E-state index contributed by atoms with van der Waals surface area (Å²) in [5, 5.41) is 8.40. The van der Waals surface area contributed by atoms with Gasteiger partial charge >= 0.3 is 55.1 Å². The molecule has 0 unspecified atom stereocenters. The fraction of sp³-hybridized carbons (Fsp3) is 0.250. The van der Waals surface area contributed by atoms with Crippen molar-refractivity contribution in [3.8, 4) is 0 Å². The van der Waals surface area contributed by atoms with Gasteiger partial charge in [0.1, 0.15) is 0 Å². The van der Waals surface area contributed by atoms with Gasteiger partial charge in [0, 0.05) is 0 Å². The number of allylic oxidation sites excluding steroid dienone is 1. The number of carboxylic acid groups (broad SMARTS) is 1. The molecule has 42 valence electrons. The summed E-state index contributed by atoms with van der Waals surface area (Å²) in [6.07, 6.45) is 3.66. The molecular weight excluding hydrogens is 209 g/mol. The molecule has 0 radical (unpaired) electrons. The standard InChI is InChI=1S/C3H5N.CHO2.In/c1-2-3-4;2-1-3;/h2-4H,1H2;(H,2,3);/q-1;;+1. The molecule has 0 fully saturated rings. The summed E-state index contributed by atoms with van der Waals surface area (Å²) >= 11 is -2.22. The van der Waals surface area contributed by atoms with E-state index in [-0.39, 0.29) is 0 Å². The monoisotopic (exact) mass is 215 g/mol. The quantitative estimate of drug-likeness (QED) is 0.663. The molecule has 0 atom stereocenters. The zero-order chi connectivity index (χ0) is 5.98. The molecule has 0 aromatic heterocycles. The molecule has 2 N–H and O–H groups in total. The molecule has 0 aromatic rings. The van der Waals surface area contributed by atoms with E-state index in [1.54, 1.807) is 6.20 Å². The topological polar surface area (TPSA) is 49.3 Å². The van der Waals surface area contributed by atoms with Crippen LogP contribution in [-0.2, 0) is 0 Å². The van der Waals surface area contributed by atoms with Crippen molar-refractivity contribution >= 4 is 25.5 Å². The molecule has 1 rings (SSSR count). The summed E-state index contributed by atoms with van der Waals surface area (Å²) in [5.74, 6) is 0. The minimum absolute atomic E-state index is 0.572. The Balaban J connectivity index is 2.41. The Morgan fingerprint density at radius 3 is 2.88 bits per heavy atom. The van der Waals surface area contributed by atoms with Crippen molar-refractivity contribution in [3.63, 3.8) is 0 Å². The van der Waals surface area contributed by atoms with Crippen LogP contribution in [0.1, 0.15) is 0 Å². The van der Waals surface area contributed by atoms with Crippen molar-refractivity contribution in [2.24, 2.45) is 0 Å². The van der Waals surface area contributed by atoms with Gasteiger partial charge in [-0.15, -0.1) is 0 Å². The Bertz CT molecular complexity index is 126. The van der Waals surface area contributed by atoms with Gasteiger partial charge in [0.25, 0.3) is 0 Å². The molecule has 1 heterocycles. The molecule has 0 aromatic carbocycles. The predicted molar refractivity (Wildman–Crippen MR) is 30.9 cm³/mol. The Morgan fingerprint density at radius 2 is 2.62 bits per heavy atom. The minimum atomic E-state index is -2.22. The van der Waals surface area contributed by atoms with Gasteiger partial charge < -0.3 is 0 Å². The Hall–Kier alpha value is -0.120. The van der Waals surface area contributed by atoms with Crippen molar-refractivity contribution in [1.82, 2.24) is 3.30 Å². The predicted octanol–water partition coefficient (Wildman–Crippen LogP) is 0.354. The molecule has 0 bridgehead atoms. The van der Waals surface area contributed by atoms with Crippen LogP contribution in [0.4, 0.5) is 4.79 Å². The van der Waals surface area contributed by atoms with Crippen LogP contribution in [0.5, 0.6) is 0 Å². The molecule has 8 heavy (non-hydrogen) atoms. The molecule has 3 nitrogen and oxygen atoms in total. The van der Waals surface area contributed by atoms with Crippen LogP contribution < -0.4 is 3.30 Å².